The molecule has 6 heteroatoms. The Morgan fingerprint density at radius 2 is 2.00 bits per heavy atom. The van der Waals surface area contributed by atoms with Crippen LogP contribution in [-0.4, -0.2) is 40.8 Å². The number of rotatable bonds is 4. The van der Waals surface area contributed by atoms with Crippen LogP contribution < -0.4 is 5.32 Å². The first-order valence-electron chi connectivity index (χ1n) is 7.36. The number of carbonyl (C=O) groups is 3. The van der Waals surface area contributed by atoms with Gasteiger partial charge in [0, 0.05) is 42.6 Å². The van der Waals surface area contributed by atoms with Crippen LogP contribution in [0.1, 0.15) is 37.6 Å². The van der Waals surface area contributed by atoms with Gasteiger partial charge in [-0.25, -0.2) is 0 Å². The number of carbonyl (C=O) groups excluding carboxylic acids is 3. The topological polar surface area (TPSA) is 66.5 Å². The quantitative estimate of drug-likeness (QED) is 0.926. The number of hydrogen-bond donors (Lipinski definition) is 1. The van der Waals surface area contributed by atoms with E-state index < -0.39 is 0 Å². The summed E-state index contributed by atoms with van der Waals surface area (Å²) < 4.78 is 0. The third kappa shape index (κ3) is 3.50. The van der Waals surface area contributed by atoms with E-state index >= 15 is 0 Å². The number of amides is 2. The molecule has 0 aromatic heterocycles. The van der Waals surface area contributed by atoms with Gasteiger partial charge < -0.3 is 10.2 Å². The minimum atomic E-state index is -0.382. The van der Waals surface area contributed by atoms with Crippen molar-refractivity contribution in [2.75, 3.05) is 18.4 Å². The van der Waals surface area contributed by atoms with Gasteiger partial charge in [0.15, 0.2) is 5.78 Å². The Morgan fingerprint density at radius 1 is 1.32 bits per heavy atom. The van der Waals surface area contributed by atoms with E-state index in [0.29, 0.717) is 24.3 Å². The molecule has 0 fully saturated rings. The molecule has 1 aliphatic rings. The van der Waals surface area contributed by atoms with Crippen LogP contribution in [0.2, 0.25) is 0 Å². The predicted molar refractivity (Wildman–Crippen MR) is 87.3 cm³/mol. The second-order valence-electron chi connectivity index (χ2n) is 5.14. The fraction of sp³-hybridized carbons (Fsp3) is 0.438. The highest BCUT2D eigenvalue weighted by Gasteiger charge is 2.32. The monoisotopic (exact) mass is 320 g/mol. The molecule has 118 valence electrons. The minimum Gasteiger partial charge on any atom is -0.342 e. The highest BCUT2D eigenvalue weighted by atomic mass is 32.2. The summed E-state index contributed by atoms with van der Waals surface area (Å²) in [5.74, 6) is -0.185. The number of thioether (sulfide) groups is 1. The largest absolute Gasteiger partial charge is 0.342 e. The number of nitrogens with one attached hydrogen (secondary N) is 1. The maximum atomic E-state index is 12.5. The lowest BCUT2D eigenvalue weighted by Gasteiger charge is -2.28. The summed E-state index contributed by atoms with van der Waals surface area (Å²) in [6, 6.07) is 5.19. The highest BCUT2D eigenvalue weighted by molar-refractivity contribution is 8.00. The Kier molecular flexibility index (Phi) is 5.24. The van der Waals surface area contributed by atoms with Crippen LogP contribution in [0.15, 0.2) is 23.1 Å². The zero-order valence-electron chi connectivity index (χ0n) is 13.0. The van der Waals surface area contributed by atoms with E-state index in [0.717, 1.165) is 4.90 Å². The molecule has 1 N–H and O–H groups in total. The molecule has 1 aromatic carbocycles. The Hall–Kier alpha value is -1.82. The maximum Gasteiger partial charge on any atom is 0.236 e. The van der Waals surface area contributed by atoms with E-state index in [9.17, 15) is 14.4 Å². The lowest BCUT2D eigenvalue weighted by atomic mass is 10.0. The Balaban J connectivity index is 2.25. The molecule has 0 spiro atoms. The molecule has 1 unspecified atom stereocenters. The van der Waals surface area contributed by atoms with E-state index in [1.165, 1.54) is 18.7 Å². The molecule has 0 saturated carbocycles. The minimum absolute atomic E-state index is 0.000991. The van der Waals surface area contributed by atoms with Gasteiger partial charge in [-0.2, -0.15) is 0 Å². The van der Waals surface area contributed by atoms with Crippen molar-refractivity contribution >= 4 is 35.0 Å². The van der Waals surface area contributed by atoms with Gasteiger partial charge in [0.05, 0.1) is 5.25 Å². The molecule has 0 aliphatic carbocycles. The SMILES string of the molecule is CCN(CC)C(=O)C1CC(=O)c2ccc(NC(C)=O)cc2S1. The first-order chi connectivity index (χ1) is 10.5. The number of fused-ring (bicyclic) bond motifs is 1. The van der Waals surface area contributed by atoms with Crippen molar-refractivity contribution in [3.05, 3.63) is 23.8 Å². The van der Waals surface area contributed by atoms with Crippen LogP contribution in [0.4, 0.5) is 5.69 Å². The number of ketones is 1. The molecule has 22 heavy (non-hydrogen) atoms. The molecule has 0 saturated heterocycles. The van der Waals surface area contributed by atoms with Crippen molar-refractivity contribution in [2.45, 2.75) is 37.3 Å². The van der Waals surface area contributed by atoms with Crippen LogP contribution in [0.25, 0.3) is 0 Å². The van der Waals surface area contributed by atoms with Crippen LogP contribution in [0.5, 0.6) is 0 Å². The Labute approximate surface area is 134 Å². The van der Waals surface area contributed by atoms with Gasteiger partial charge in [-0.1, -0.05) is 0 Å². The van der Waals surface area contributed by atoms with Gasteiger partial charge in [0.25, 0.3) is 0 Å². The third-order valence-electron chi connectivity index (χ3n) is 3.59. The first-order valence-corrected chi connectivity index (χ1v) is 8.24. The van der Waals surface area contributed by atoms with Crippen LogP contribution in [-0.2, 0) is 9.59 Å². The number of Topliss-reactive ketones (excluding diaryl/α,β-unsaturated/α-hetero) is 1. The molecule has 2 amide bonds. The zero-order valence-corrected chi connectivity index (χ0v) is 13.8. The van der Waals surface area contributed by atoms with Crippen LogP contribution in [0, 0.1) is 0 Å². The van der Waals surface area contributed by atoms with E-state index in [4.69, 9.17) is 0 Å². The smallest absolute Gasteiger partial charge is 0.236 e. The van der Waals surface area contributed by atoms with Gasteiger partial charge in [0.1, 0.15) is 0 Å². The number of anilines is 1. The number of hydrogen-bond acceptors (Lipinski definition) is 4. The van der Waals surface area contributed by atoms with Crippen LogP contribution >= 0.6 is 11.8 Å². The van der Waals surface area contributed by atoms with E-state index in [1.807, 2.05) is 13.8 Å². The average molecular weight is 320 g/mol. The van der Waals surface area contributed by atoms with Crippen molar-refractivity contribution in [1.82, 2.24) is 4.90 Å². The molecule has 1 atom stereocenters. The van der Waals surface area contributed by atoms with Gasteiger partial charge in [-0.15, -0.1) is 11.8 Å². The maximum absolute atomic E-state index is 12.5. The fourth-order valence-electron chi connectivity index (χ4n) is 2.48. The summed E-state index contributed by atoms with van der Waals surface area (Å²) in [4.78, 5) is 38.4. The highest BCUT2D eigenvalue weighted by Crippen LogP contribution is 2.37. The van der Waals surface area contributed by atoms with Gasteiger partial charge in [-0.05, 0) is 32.0 Å². The zero-order chi connectivity index (χ0) is 16.3. The van der Waals surface area contributed by atoms with Crippen molar-refractivity contribution in [3.8, 4) is 0 Å². The fourth-order valence-corrected chi connectivity index (χ4v) is 3.78. The second kappa shape index (κ2) is 6.96. The number of nitrogens with zero attached hydrogens (tertiary/aromatic N) is 1. The normalized spacial score (nSPS) is 16.9. The molecular weight excluding hydrogens is 300 g/mol. The van der Waals surface area contributed by atoms with Crippen molar-refractivity contribution in [3.63, 3.8) is 0 Å². The molecule has 0 radical (unpaired) electrons. The average Bonchev–Trinajstić information content (AvgIpc) is 2.47. The third-order valence-corrected chi connectivity index (χ3v) is 4.84. The first kappa shape index (κ1) is 16.5. The molecular formula is C16H20N2O3S. The second-order valence-corrected chi connectivity index (χ2v) is 6.38. The molecule has 5 nitrogen and oxygen atoms in total. The Morgan fingerprint density at radius 3 is 2.59 bits per heavy atom. The van der Waals surface area contributed by atoms with Crippen molar-refractivity contribution < 1.29 is 14.4 Å². The van der Waals surface area contributed by atoms with Crippen LogP contribution in [0.3, 0.4) is 0 Å². The summed E-state index contributed by atoms with van der Waals surface area (Å²) in [6.45, 7) is 6.57. The predicted octanol–water partition coefficient (Wildman–Crippen LogP) is 2.56. The van der Waals surface area contributed by atoms with E-state index in [-0.39, 0.29) is 29.3 Å². The summed E-state index contributed by atoms with van der Waals surface area (Å²) in [5, 5.41) is 2.32. The summed E-state index contributed by atoms with van der Waals surface area (Å²) >= 11 is 1.41. The number of benzene rings is 1. The van der Waals surface area contributed by atoms with Gasteiger partial charge in [-0.3, -0.25) is 14.4 Å². The summed E-state index contributed by atoms with van der Waals surface area (Å²) in [5.41, 5.74) is 1.27. The standard InChI is InChI=1S/C16H20N2O3S/c1-4-18(5-2)16(21)15-9-13(20)12-7-6-11(17-10(3)19)8-14(12)22-15/h6-8,15H,4-5,9H2,1-3H3,(H,17,19). The lowest BCUT2D eigenvalue weighted by Crippen LogP contribution is -2.39. The molecule has 1 aliphatic heterocycles. The molecule has 0 bridgehead atoms. The summed E-state index contributed by atoms with van der Waals surface area (Å²) in [7, 11) is 0. The van der Waals surface area contributed by atoms with Crippen molar-refractivity contribution in [2.24, 2.45) is 0 Å². The molecule has 1 heterocycles. The van der Waals surface area contributed by atoms with E-state index in [2.05, 4.69) is 5.32 Å². The molecule has 2 rings (SSSR count). The summed E-state index contributed by atoms with van der Waals surface area (Å²) in [6.07, 6.45) is 0.229. The van der Waals surface area contributed by atoms with Gasteiger partial charge >= 0.3 is 0 Å². The Bertz CT molecular complexity index is 611. The van der Waals surface area contributed by atoms with Crippen molar-refractivity contribution in [1.29, 1.82) is 0 Å². The van der Waals surface area contributed by atoms with Gasteiger partial charge in [0.2, 0.25) is 11.8 Å². The lowest BCUT2D eigenvalue weighted by molar-refractivity contribution is -0.130. The molecule has 1 aromatic rings. The van der Waals surface area contributed by atoms with E-state index in [1.54, 1.807) is 23.1 Å².